The van der Waals surface area contributed by atoms with Crippen LogP contribution in [0.15, 0.2) is 12.1 Å². The van der Waals surface area contributed by atoms with Gasteiger partial charge in [0, 0.05) is 9.75 Å². The average molecular weight is 199 g/mol. The van der Waals surface area contributed by atoms with E-state index in [9.17, 15) is 0 Å². The third kappa shape index (κ3) is 4.41. The minimum atomic E-state index is 0.581. The monoisotopic (exact) mass is 199 g/mol. The number of hydrogen-bond acceptors (Lipinski definition) is 3. The molecular formula is C10H17NOS. The summed E-state index contributed by atoms with van der Waals surface area (Å²) >= 11 is 1.80. The molecule has 0 aliphatic rings. The lowest BCUT2D eigenvalue weighted by atomic mass is 10.2. The average Bonchev–Trinajstić information content (AvgIpc) is 2.45. The molecule has 0 unspecified atom stereocenters. The van der Waals surface area contributed by atoms with Crippen LogP contribution in [0.4, 0.5) is 0 Å². The van der Waals surface area contributed by atoms with Crippen molar-refractivity contribution in [3.05, 3.63) is 21.9 Å². The molecule has 0 aliphatic carbocycles. The largest absolute Gasteiger partial charge is 0.301 e. The number of nitrogens with one attached hydrogen (secondary N) is 1. The third-order valence-electron chi connectivity index (χ3n) is 1.56. The van der Waals surface area contributed by atoms with E-state index in [4.69, 9.17) is 4.84 Å². The maximum absolute atomic E-state index is 5.26. The lowest BCUT2D eigenvalue weighted by Gasteiger charge is -2.06. The lowest BCUT2D eigenvalue weighted by Crippen LogP contribution is -2.16. The summed E-state index contributed by atoms with van der Waals surface area (Å²) in [5.74, 6) is 0.581. The molecule has 0 saturated carbocycles. The first-order valence-corrected chi connectivity index (χ1v) is 5.40. The molecule has 74 valence electrons. The molecule has 0 fully saturated rings. The molecule has 13 heavy (non-hydrogen) atoms. The number of rotatable bonds is 5. The number of hydroxylamine groups is 1. The Kier molecular flexibility index (Phi) is 4.42. The summed E-state index contributed by atoms with van der Waals surface area (Å²) in [5.41, 5.74) is 2.96. The van der Waals surface area contributed by atoms with Gasteiger partial charge in [-0.1, -0.05) is 13.8 Å². The highest BCUT2D eigenvalue weighted by molar-refractivity contribution is 7.11. The third-order valence-corrected chi connectivity index (χ3v) is 2.56. The summed E-state index contributed by atoms with van der Waals surface area (Å²) in [5, 5.41) is 0. The number of hydrogen-bond donors (Lipinski definition) is 1. The maximum atomic E-state index is 5.26. The molecule has 0 atom stereocenters. The van der Waals surface area contributed by atoms with Gasteiger partial charge >= 0.3 is 0 Å². The molecule has 0 aliphatic heterocycles. The summed E-state index contributed by atoms with van der Waals surface area (Å²) in [6.07, 6.45) is 0. The van der Waals surface area contributed by atoms with Crippen molar-refractivity contribution in [2.75, 3.05) is 6.61 Å². The van der Waals surface area contributed by atoms with E-state index in [0.29, 0.717) is 5.92 Å². The standard InChI is InChI=1S/C10H17NOS/c1-8(2)7-12-11-6-10-5-4-9(3)13-10/h4-5,8,11H,6-7H2,1-3H3. The Bertz CT molecular complexity index is 245. The fourth-order valence-corrected chi connectivity index (χ4v) is 1.74. The van der Waals surface area contributed by atoms with Crippen molar-refractivity contribution in [2.24, 2.45) is 5.92 Å². The summed E-state index contributed by atoms with van der Waals surface area (Å²) in [4.78, 5) is 7.93. The van der Waals surface area contributed by atoms with Crippen molar-refractivity contribution in [1.29, 1.82) is 0 Å². The molecule has 0 amide bonds. The molecule has 1 heterocycles. The van der Waals surface area contributed by atoms with Gasteiger partial charge in [-0.05, 0) is 25.0 Å². The van der Waals surface area contributed by atoms with Gasteiger partial charge < -0.3 is 4.84 Å². The van der Waals surface area contributed by atoms with Crippen molar-refractivity contribution < 1.29 is 4.84 Å². The highest BCUT2D eigenvalue weighted by Crippen LogP contribution is 2.14. The number of aryl methyl sites for hydroxylation is 1. The fourth-order valence-electron chi connectivity index (χ4n) is 0.928. The van der Waals surface area contributed by atoms with Gasteiger partial charge in [0.05, 0.1) is 13.2 Å². The summed E-state index contributed by atoms with van der Waals surface area (Å²) < 4.78 is 0. The molecule has 1 rings (SSSR count). The minimum Gasteiger partial charge on any atom is -0.301 e. The zero-order chi connectivity index (χ0) is 9.68. The van der Waals surface area contributed by atoms with Gasteiger partial charge in [-0.25, -0.2) is 0 Å². The van der Waals surface area contributed by atoms with Gasteiger partial charge in [-0.15, -0.1) is 11.3 Å². The molecule has 1 aromatic heterocycles. The minimum absolute atomic E-state index is 0.581. The quantitative estimate of drug-likeness (QED) is 0.581. The van der Waals surface area contributed by atoms with Gasteiger partial charge in [-0.2, -0.15) is 5.48 Å². The van der Waals surface area contributed by atoms with E-state index in [1.165, 1.54) is 9.75 Å². The summed E-state index contributed by atoms with van der Waals surface area (Å²) in [6, 6.07) is 4.26. The molecule has 0 bridgehead atoms. The van der Waals surface area contributed by atoms with Crippen molar-refractivity contribution in [3.8, 4) is 0 Å². The van der Waals surface area contributed by atoms with Crippen molar-refractivity contribution in [3.63, 3.8) is 0 Å². The van der Waals surface area contributed by atoms with Crippen LogP contribution in [0, 0.1) is 12.8 Å². The van der Waals surface area contributed by atoms with Crippen LogP contribution in [-0.2, 0) is 11.4 Å². The van der Waals surface area contributed by atoms with E-state index >= 15 is 0 Å². The zero-order valence-corrected chi connectivity index (χ0v) is 9.28. The number of thiophene rings is 1. The van der Waals surface area contributed by atoms with Crippen LogP contribution < -0.4 is 5.48 Å². The van der Waals surface area contributed by atoms with E-state index in [-0.39, 0.29) is 0 Å². The normalized spacial score (nSPS) is 11.1. The second-order valence-electron chi connectivity index (χ2n) is 3.54. The van der Waals surface area contributed by atoms with Gasteiger partial charge in [0.1, 0.15) is 0 Å². The van der Waals surface area contributed by atoms with Crippen LogP contribution >= 0.6 is 11.3 Å². The Morgan fingerprint density at radius 2 is 2.23 bits per heavy atom. The first-order valence-electron chi connectivity index (χ1n) is 4.58. The summed E-state index contributed by atoms with van der Waals surface area (Å²) in [7, 11) is 0. The topological polar surface area (TPSA) is 21.3 Å². The van der Waals surface area contributed by atoms with Crippen LogP contribution in [0.3, 0.4) is 0 Å². The predicted molar refractivity (Wildman–Crippen MR) is 56.7 cm³/mol. The second-order valence-corrected chi connectivity index (χ2v) is 4.91. The van der Waals surface area contributed by atoms with Crippen LogP contribution in [0.2, 0.25) is 0 Å². The van der Waals surface area contributed by atoms with E-state index in [1.807, 2.05) is 0 Å². The highest BCUT2D eigenvalue weighted by Gasteiger charge is 1.97. The van der Waals surface area contributed by atoms with E-state index in [0.717, 1.165) is 13.2 Å². The Morgan fingerprint density at radius 1 is 1.46 bits per heavy atom. The molecule has 3 heteroatoms. The second kappa shape index (κ2) is 5.37. The van der Waals surface area contributed by atoms with Crippen LogP contribution in [0.5, 0.6) is 0 Å². The Morgan fingerprint density at radius 3 is 2.77 bits per heavy atom. The van der Waals surface area contributed by atoms with E-state index < -0.39 is 0 Å². The molecule has 2 nitrogen and oxygen atoms in total. The molecule has 0 aromatic carbocycles. The van der Waals surface area contributed by atoms with Gasteiger partial charge in [0.25, 0.3) is 0 Å². The first kappa shape index (κ1) is 10.7. The van der Waals surface area contributed by atoms with Crippen molar-refractivity contribution in [1.82, 2.24) is 5.48 Å². The van der Waals surface area contributed by atoms with Gasteiger partial charge in [0.15, 0.2) is 0 Å². The first-order chi connectivity index (χ1) is 6.18. The molecule has 0 saturated heterocycles. The Hall–Kier alpha value is -0.380. The molecule has 1 N–H and O–H groups in total. The lowest BCUT2D eigenvalue weighted by molar-refractivity contribution is 0.0201. The molecular weight excluding hydrogens is 182 g/mol. The van der Waals surface area contributed by atoms with E-state index in [1.54, 1.807) is 11.3 Å². The van der Waals surface area contributed by atoms with Gasteiger partial charge in [0.2, 0.25) is 0 Å². The molecule has 1 aromatic rings. The Balaban J connectivity index is 2.13. The zero-order valence-electron chi connectivity index (χ0n) is 8.46. The highest BCUT2D eigenvalue weighted by atomic mass is 32.1. The Labute approximate surface area is 83.9 Å². The smallest absolute Gasteiger partial charge is 0.0705 e. The maximum Gasteiger partial charge on any atom is 0.0705 e. The van der Waals surface area contributed by atoms with Crippen LogP contribution in [0.25, 0.3) is 0 Å². The SMILES string of the molecule is Cc1ccc(CNOCC(C)C)s1. The van der Waals surface area contributed by atoms with Crippen LogP contribution in [-0.4, -0.2) is 6.61 Å². The molecule has 0 spiro atoms. The van der Waals surface area contributed by atoms with Crippen molar-refractivity contribution >= 4 is 11.3 Å². The van der Waals surface area contributed by atoms with Gasteiger partial charge in [-0.3, -0.25) is 0 Å². The predicted octanol–water partition coefficient (Wildman–Crippen LogP) is 2.73. The summed E-state index contributed by atoms with van der Waals surface area (Å²) in [6.45, 7) is 7.96. The van der Waals surface area contributed by atoms with Crippen LogP contribution in [0.1, 0.15) is 23.6 Å². The van der Waals surface area contributed by atoms with Crippen molar-refractivity contribution in [2.45, 2.75) is 27.3 Å². The fraction of sp³-hybridized carbons (Fsp3) is 0.600. The molecule has 0 radical (unpaired) electrons. The van der Waals surface area contributed by atoms with E-state index in [2.05, 4.69) is 38.4 Å².